The predicted molar refractivity (Wildman–Crippen MR) is 221 cm³/mol. The van der Waals surface area contributed by atoms with Crippen molar-refractivity contribution in [1.29, 1.82) is 0 Å². The topological polar surface area (TPSA) is 97.4 Å². The van der Waals surface area contributed by atoms with Crippen molar-refractivity contribution >= 4 is 43.9 Å². The van der Waals surface area contributed by atoms with Crippen molar-refractivity contribution in [3.05, 3.63) is 140 Å². The van der Waals surface area contributed by atoms with Gasteiger partial charge in [0, 0.05) is 34.9 Å². The Labute approximate surface area is 336 Å². The van der Waals surface area contributed by atoms with Crippen molar-refractivity contribution in [3.8, 4) is 0 Å². The summed E-state index contributed by atoms with van der Waals surface area (Å²) in [5.41, 5.74) is 2.47. The summed E-state index contributed by atoms with van der Waals surface area (Å²) in [6, 6.07) is 36.4. The van der Waals surface area contributed by atoms with E-state index in [1.54, 1.807) is 13.8 Å². The third-order valence-corrected chi connectivity index (χ3v) is 12.2. The van der Waals surface area contributed by atoms with Crippen LogP contribution >= 0.6 is 31.9 Å². The van der Waals surface area contributed by atoms with Crippen molar-refractivity contribution in [2.75, 3.05) is 19.7 Å². The first kappa shape index (κ1) is 40.0. The first-order valence-corrected chi connectivity index (χ1v) is 20.4. The second-order valence-corrected chi connectivity index (χ2v) is 17.8. The number of ether oxygens (including phenoxy) is 1. The summed E-state index contributed by atoms with van der Waals surface area (Å²) in [6.07, 6.45) is 2.88. The number of nitrogens with one attached hydrogen (secondary N) is 2. The van der Waals surface area contributed by atoms with E-state index in [2.05, 4.69) is 80.6 Å². The number of carbonyl (C=O) groups is 2. The average Bonchev–Trinajstić information content (AvgIpc) is 3.87. The second kappa shape index (κ2) is 16.2. The van der Waals surface area contributed by atoms with E-state index in [1.165, 1.54) is 0 Å². The Bertz CT molecular complexity index is 1760. The molecule has 3 fully saturated rings. The molecule has 10 heteroatoms. The van der Waals surface area contributed by atoms with Crippen molar-refractivity contribution < 1.29 is 19.4 Å². The molecule has 0 radical (unpaired) electrons. The number of nitrogens with zero attached hydrogens (tertiary/aromatic N) is 2. The highest BCUT2D eigenvalue weighted by molar-refractivity contribution is 9.10. The number of carbonyl (C=O) groups excluding carboxylic acids is 2. The fourth-order valence-corrected chi connectivity index (χ4v) is 8.63. The third-order valence-electron chi connectivity index (χ3n) is 11.1. The SMILES string of the molecule is C[C@@H](c1ccc(Br)cc1)N1CC[C@](CC(C)(C)O)(c2ccccc2)NC1=O.C[C@@H](c1ccc(Br)cc1)N1CC[C@](CC2(C)CO2)(c2ccccc2)NC1=O. The highest BCUT2D eigenvalue weighted by atomic mass is 79.9. The maximum absolute atomic E-state index is 13.1. The number of benzene rings is 4. The van der Waals surface area contributed by atoms with E-state index in [0.717, 1.165) is 57.1 Å². The Morgan fingerprint density at radius 1 is 0.704 bits per heavy atom. The van der Waals surface area contributed by atoms with E-state index in [4.69, 9.17) is 4.74 Å². The van der Waals surface area contributed by atoms with Crippen molar-refractivity contribution in [3.63, 3.8) is 0 Å². The minimum Gasteiger partial charge on any atom is -0.390 e. The molecule has 7 rings (SSSR count). The van der Waals surface area contributed by atoms with E-state index >= 15 is 0 Å². The van der Waals surface area contributed by atoms with Crippen LogP contribution in [-0.2, 0) is 15.8 Å². The first-order valence-electron chi connectivity index (χ1n) is 18.8. The quantitative estimate of drug-likeness (QED) is 0.138. The number of amides is 4. The Hall–Kier alpha value is -3.70. The number of epoxide rings is 1. The van der Waals surface area contributed by atoms with Gasteiger partial charge >= 0.3 is 12.1 Å². The van der Waals surface area contributed by atoms with Crippen LogP contribution in [0.15, 0.2) is 118 Å². The summed E-state index contributed by atoms with van der Waals surface area (Å²) < 4.78 is 7.73. The van der Waals surface area contributed by atoms with E-state index in [1.807, 2.05) is 102 Å². The molecule has 3 saturated heterocycles. The maximum Gasteiger partial charge on any atom is 0.318 e. The molecule has 3 N–H and O–H groups in total. The smallest absolute Gasteiger partial charge is 0.318 e. The molecule has 5 atom stereocenters. The summed E-state index contributed by atoms with van der Waals surface area (Å²) in [5, 5.41) is 17.1. The Kier molecular flexibility index (Phi) is 12.0. The van der Waals surface area contributed by atoms with Gasteiger partial charge in [-0.15, -0.1) is 0 Å². The Balaban J connectivity index is 0.000000184. The highest BCUT2D eigenvalue weighted by Gasteiger charge is 2.51. The van der Waals surface area contributed by atoms with Crippen LogP contribution in [0.3, 0.4) is 0 Å². The normalized spacial score (nSPS) is 25.1. The van der Waals surface area contributed by atoms with E-state index < -0.39 is 11.1 Å². The standard InChI is InChI=1S/C22H25BrN2O2.C22H27BrN2O2/c1-16(17-8-10-19(23)11-9-17)25-13-12-22(24-20(25)26,14-21(2)15-27-21)18-6-4-3-5-7-18;1-16(17-9-11-19(23)12-10-17)25-14-13-22(24-20(25)26,15-21(2,3)27)18-7-5-4-6-8-18/h3-11,16H,12-15H2,1-2H3,(H,24,26);4-12,16,27H,13-15H2,1-3H3,(H,24,26)/t16-,21?,22-;16-,22-/m00/s1. The molecule has 0 spiro atoms. The average molecular weight is 861 g/mol. The second-order valence-electron chi connectivity index (χ2n) is 16.0. The van der Waals surface area contributed by atoms with Gasteiger partial charge in [0.15, 0.2) is 0 Å². The molecule has 4 amide bonds. The molecule has 8 nitrogen and oxygen atoms in total. The van der Waals surface area contributed by atoms with Gasteiger partial charge in [-0.25, -0.2) is 9.59 Å². The molecular weight excluding hydrogens is 808 g/mol. The summed E-state index contributed by atoms with van der Waals surface area (Å²) in [4.78, 5) is 30.0. The minimum absolute atomic E-state index is 0.00947. The number of aliphatic hydroxyl groups is 1. The van der Waals surface area contributed by atoms with Crippen LogP contribution in [0.4, 0.5) is 9.59 Å². The minimum atomic E-state index is -0.886. The Morgan fingerprint density at radius 3 is 1.48 bits per heavy atom. The van der Waals surface area contributed by atoms with Gasteiger partial charge in [0.25, 0.3) is 0 Å². The van der Waals surface area contributed by atoms with Gasteiger partial charge in [-0.2, -0.15) is 0 Å². The fraction of sp³-hybridized carbons (Fsp3) is 0.409. The lowest BCUT2D eigenvalue weighted by Gasteiger charge is -2.47. The first-order chi connectivity index (χ1) is 25.6. The van der Waals surface area contributed by atoms with E-state index in [9.17, 15) is 14.7 Å². The van der Waals surface area contributed by atoms with Crippen molar-refractivity contribution in [2.45, 2.75) is 94.7 Å². The summed E-state index contributed by atoms with van der Waals surface area (Å²) in [6.45, 7) is 12.0. The largest absolute Gasteiger partial charge is 0.390 e. The molecule has 4 aromatic rings. The number of hydrogen-bond donors (Lipinski definition) is 3. The van der Waals surface area contributed by atoms with Crippen LogP contribution in [0.25, 0.3) is 0 Å². The molecule has 0 saturated carbocycles. The summed E-state index contributed by atoms with van der Waals surface area (Å²) in [5.74, 6) is 0. The fourth-order valence-electron chi connectivity index (χ4n) is 8.10. The zero-order valence-corrected chi connectivity index (χ0v) is 35.0. The van der Waals surface area contributed by atoms with Gasteiger partial charge < -0.3 is 30.3 Å². The molecule has 0 aromatic heterocycles. The Morgan fingerprint density at radius 2 is 1.09 bits per heavy atom. The van der Waals surface area contributed by atoms with Crippen molar-refractivity contribution in [1.82, 2.24) is 20.4 Å². The number of hydrogen-bond acceptors (Lipinski definition) is 4. The van der Waals surface area contributed by atoms with Crippen LogP contribution in [0.2, 0.25) is 0 Å². The molecule has 286 valence electrons. The van der Waals surface area contributed by atoms with Crippen LogP contribution in [-0.4, -0.2) is 57.9 Å². The summed E-state index contributed by atoms with van der Waals surface area (Å²) >= 11 is 6.93. The number of rotatable bonds is 10. The van der Waals surface area contributed by atoms with Crippen LogP contribution in [0.1, 0.15) is 94.6 Å². The van der Waals surface area contributed by atoms with Crippen LogP contribution in [0.5, 0.6) is 0 Å². The van der Waals surface area contributed by atoms with Gasteiger partial charge in [-0.1, -0.05) is 117 Å². The molecule has 0 bridgehead atoms. The molecule has 0 aliphatic carbocycles. The van der Waals surface area contributed by atoms with Gasteiger partial charge in [-0.05, 0) is 94.0 Å². The van der Waals surface area contributed by atoms with Gasteiger partial charge in [-0.3, -0.25) is 0 Å². The number of urea groups is 2. The predicted octanol–water partition coefficient (Wildman–Crippen LogP) is 9.98. The summed E-state index contributed by atoms with van der Waals surface area (Å²) in [7, 11) is 0. The molecule has 3 aliphatic rings. The van der Waals surface area contributed by atoms with Crippen LogP contribution in [0, 0.1) is 0 Å². The van der Waals surface area contributed by atoms with Crippen molar-refractivity contribution in [2.24, 2.45) is 0 Å². The third kappa shape index (κ3) is 9.39. The zero-order valence-electron chi connectivity index (χ0n) is 31.8. The van der Waals surface area contributed by atoms with Crippen LogP contribution < -0.4 is 10.6 Å². The lowest BCUT2D eigenvalue weighted by Crippen LogP contribution is -2.60. The van der Waals surface area contributed by atoms with Gasteiger partial charge in [0.05, 0.1) is 41.0 Å². The monoisotopic (exact) mass is 858 g/mol. The molecule has 3 heterocycles. The zero-order chi connectivity index (χ0) is 38.7. The maximum atomic E-state index is 13.1. The lowest BCUT2D eigenvalue weighted by atomic mass is 9.77. The van der Waals surface area contributed by atoms with Gasteiger partial charge in [0.2, 0.25) is 0 Å². The molecule has 4 aromatic carbocycles. The molecule has 1 unspecified atom stereocenters. The molecule has 54 heavy (non-hydrogen) atoms. The highest BCUT2D eigenvalue weighted by Crippen LogP contribution is 2.44. The lowest BCUT2D eigenvalue weighted by molar-refractivity contribution is 0.0221. The van der Waals surface area contributed by atoms with E-state index in [0.29, 0.717) is 19.5 Å². The van der Waals surface area contributed by atoms with Gasteiger partial charge in [0.1, 0.15) is 0 Å². The molecule has 3 aliphatic heterocycles. The molecular formula is C44H52Br2N4O4. The number of halogens is 2. The van der Waals surface area contributed by atoms with E-state index in [-0.39, 0.29) is 35.3 Å².